The molecule has 0 aliphatic rings. The molecule has 0 amide bonds. The molecule has 0 aliphatic heterocycles. The molecule has 2 aromatic rings. The van der Waals surface area contributed by atoms with Gasteiger partial charge < -0.3 is 14.9 Å². The van der Waals surface area contributed by atoms with Crippen molar-refractivity contribution in [1.29, 1.82) is 0 Å². The molecule has 0 saturated heterocycles. The first-order chi connectivity index (χ1) is 8.99. The fourth-order valence-corrected chi connectivity index (χ4v) is 2.41. The van der Waals surface area contributed by atoms with Gasteiger partial charge in [-0.05, 0) is 37.5 Å². The van der Waals surface area contributed by atoms with Gasteiger partial charge in [-0.3, -0.25) is 0 Å². The highest BCUT2D eigenvalue weighted by atomic mass is 16.5. The van der Waals surface area contributed by atoms with Crippen LogP contribution in [-0.2, 0) is 6.42 Å². The van der Waals surface area contributed by atoms with Crippen LogP contribution in [0.15, 0.2) is 10.5 Å². The van der Waals surface area contributed by atoms with E-state index < -0.39 is 0 Å². The van der Waals surface area contributed by atoms with Gasteiger partial charge in [0, 0.05) is 12.0 Å². The van der Waals surface area contributed by atoms with Crippen molar-refractivity contribution in [2.45, 2.75) is 34.1 Å². The van der Waals surface area contributed by atoms with Gasteiger partial charge >= 0.3 is 0 Å². The van der Waals surface area contributed by atoms with Crippen LogP contribution in [0.4, 0.5) is 6.01 Å². The zero-order valence-corrected chi connectivity index (χ0v) is 12.1. The summed E-state index contributed by atoms with van der Waals surface area (Å²) in [4.78, 5) is 4.32. The quantitative estimate of drug-likeness (QED) is 0.918. The number of aryl methyl sites for hydroxylation is 3. The third-order valence-electron chi connectivity index (χ3n) is 3.46. The highest BCUT2D eigenvalue weighted by molar-refractivity contribution is 5.75. The Hall–Kier alpha value is -1.97. The number of ether oxygens (including phenoxy) is 1. The Labute approximate surface area is 113 Å². The molecule has 2 rings (SSSR count). The van der Waals surface area contributed by atoms with Crippen molar-refractivity contribution < 1.29 is 9.15 Å². The number of nitrogens with two attached hydrogens (primary N) is 1. The number of anilines is 1. The van der Waals surface area contributed by atoms with E-state index in [1.807, 2.05) is 13.8 Å². The average Bonchev–Trinajstić information content (AvgIpc) is 2.74. The van der Waals surface area contributed by atoms with E-state index in [-0.39, 0.29) is 6.01 Å². The topological polar surface area (TPSA) is 61.3 Å². The molecule has 0 saturated carbocycles. The first-order valence-electron chi connectivity index (χ1n) is 6.39. The molecule has 1 aromatic carbocycles. The number of nitrogen functional groups attached to an aromatic ring is 1. The predicted molar refractivity (Wildman–Crippen MR) is 76.5 cm³/mol. The average molecular weight is 260 g/mol. The number of hydrogen-bond donors (Lipinski definition) is 1. The van der Waals surface area contributed by atoms with E-state index in [2.05, 4.69) is 24.9 Å². The maximum atomic E-state index is 5.68. The van der Waals surface area contributed by atoms with Crippen LogP contribution in [0.25, 0.3) is 11.3 Å². The minimum Gasteiger partial charge on any atom is -0.496 e. The first-order valence-corrected chi connectivity index (χ1v) is 6.39. The maximum Gasteiger partial charge on any atom is 0.292 e. The van der Waals surface area contributed by atoms with Gasteiger partial charge in [0.1, 0.15) is 17.2 Å². The summed E-state index contributed by atoms with van der Waals surface area (Å²) in [6.07, 6.45) is 0.745. The van der Waals surface area contributed by atoms with Crippen molar-refractivity contribution in [3.05, 3.63) is 28.5 Å². The minimum atomic E-state index is 0.200. The van der Waals surface area contributed by atoms with Gasteiger partial charge in [-0.1, -0.05) is 13.0 Å². The zero-order valence-electron chi connectivity index (χ0n) is 12.1. The van der Waals surface area contributed by atoms with E-state index in [1.54, 1.807) is 7.11 Å². The van der Waals surface area contributed by atoms with Crippen molar-refractivity contribution >= 4 is 6.01 Å². The van der Waals surface area contributed by atoms with E-state index in [0.29, 0.717) is 0 Å². The molecule has 0 bridgehead atoms. The zero-order chi connectivity index (χ0) is 14.2. The second kappa shape index (κ2) is 4.96. The normalized spacial score (nSPS) is 10.8. The SMILES string of the molecule is CCc1oc(N)nc1-c1c(C)cc(C)c(C)c1OC. The number of benzene rings is 1. The largest absolute Gasteiger partial charge is 0.496 e. The summed E-state index contributed by atoms with van der Waals surface area (Å²) >= 11 is 0. The van der Waals surface area contributed by atoms with Crippen molar-refractivity contribution in [2.24, 2.45) is 0 Å². The molecule has 1 heterocycles. The van der Waals surface area contributed by atoms with Gasteiger partial charge in [0.15, 0.2) is 0 Å². The van der Waals surface area contributed by atoms with Gasteiger partial charge in [0.05, 0.1) is 7.11 Å². The van der Waals surface area contributed by atoms with Crippen molar-refractivity contribution in [2.75, 3.05) is 12.8 Å². The Morgan fingerprint density at radius 2 is 1.95 bits per heavy atom. The predicted octanol–water partition coefficient (Wildman–Crippen LogP) is 3.42. The van der Waals surface area contributed by atoms with Gasteiger partial charge in [0.2, 0.25) is 0 Å². The van der Waals surface area contributed by atoms with Crippen LogP contribution in [0.2, 0.25) is 0 Å². The monoisotopic (exact) mass is 260 g/mol. The number of oxazole rings is 1. The summed E-state index contributed by atoms with van der Waals surface area (Å²) in [6, 6.07) is 2.34. The number of methoxy groups -OCH3 is 1. The second-order valence-corrected chi connectivity index (χ2v) is 4.72. The highest BCUT2D eigenvalue weighted by Crippen LogP contribution is 2.39. The molecule has 2 N–H and O–H groups in total. The molecule has 19 heavy (non-hydrogen) atoms. The summed E-state index contributed by atoms with van der Waals surface area (Å²) in [5.74, 6) is 1.64. The van der Waals surface area contributed by atoms with Crippen LogP contribution in [0.5, 0.6) is 5.75 Å². The molecule has 4 heteroatoms. The van der Waals surface area contributed by atoms with Crippen LogP contribution in [0.1, 0.15) is 29.4 Å². The molecule has 102 valence electrons. The van der Waals surface area contributed by atoms with Crippen LogP contribution in [0, 0.1) is 20.8 Å². The van der Waals surface area contributed by atoms with Crippen molar-refractivity contribution in [1.82, 2.24) is 4.98 Å². The fourth-order valence-electron chi connectivity index (χ4n) is 2.41. The Bertz CT molecular complexity index is 615. The molecule has 0 fully saturated rings. The van der Waals surface area contributed by atoms with E-state index >= 15 is 0 Å². The van der Waals surface area contributed by atoms with Crippen molar-refractivity contribution in [3.63, 3.8) is 0 Å². The number of rotatable bonds is 3. The van der Waals surface area contributed by atoms with Crippen LogP contribution >= 0.6 is 0 Å². The second-order valence-electron chi connectivity index (χ2n) is 4.72. The van der Waals surface area contributed by atoms with Crippen LogP contribution < -0.4 is 10.5 Å². The van der Waals surface area contributed by atoms with Gasteiger partial charge in [-0.25, -0.2) is 0 Å². The Morgan fingerprint density at radius 3 is 2.53 bits per heavy atom. The molecule has 0 atom stereocenters. The van der Waals surface area contributed by atoms with Gasteiger partial charge in [0.25, 0.3) is 6.01 Å². The molecule has 0 radical (unpaired) electrons. The lowest BCUT2D eigenvalue weighted by Gasteiger charge is -2.15. The molecule has 1 aromatic heterocycles. The van der Waals surface area contributed by atoms with E-state index in [1.165, 1.54) is 5.56 Å². The first kappa shape index (κ1) is 13.5. The standard InChI is InChI=1S/C15H20N2O2/c1-6-11-13(17-15(16)19-11)12-9(3)7-8(2)10(4)14(12)18-5/h7H,6H2,1-5H3,(H2,16,17). The summed E-state index contributed by atoms with van der Waals surface area (Å²) < 4.78 is 11.0. The van der Waals surface area contributed by atoms with E-state index in [4.69, 9.17) is 14.9 Å². The van der Waals surface area contributed by atoms with Gasteiger partial charge in [-0.2, -0.15) is 4.98 Å². The summed E-state index contributed by atoms with van der Waals surface area (Å²) in [5.41, 5.74) is 10.9. The van der Waals surface area contributed by atoms with Gasteiger partial charge in [-0.15, -0.1) is 0 Å². The lowest BCUT2D eigenvalue weighted by molar-refractivity contribution is 0.412. The number of nitrogens with zero attached hydrogens (tertiary/aromatic N) is 1. The summed E-state index contributed by atoms with van der Waals surface area (Å²) in [6.45, 7) is 8.19. The lowest BCUT2D eigenvalue weighted by atomic mass is 9.96. The molecule has 4 nitrogen and oxygen atoms in total. The minimum absolute atomic E-state index is 0.200. The molecule has 0 spiro atoms. The maximum absolute atomic E-state index is 5.68. The number of hydrogen-bond acceptors (Lipinski definition) is 4. The van der Waals surface area contributed by atoms with E-state index in [0.717, 1.165) is 40.3 Å². The Balaban J connectivity index is 2.77. The lowest BCUT2D eigenvalue weighted by Crippen LogP contribution is -1.98. The molecule has 0 unspecified atom stereocenters. The Kier molecular flexibility index (Phi) is 3.51. The highest BCUT2D eigenvalue weighted by Gasteiger charge is 2.20. The summed E-state index contributed by atoms with van der Waals surface area (Å²) in [7, 11) is 1.68. The third kappa shape index (κ3) is 2.18. The number of aromatic nitrogens is 1. The van der Waals surface area contributed by atoms with Crippen LogP contribution in [-0.4, -0.2) is 12.1 Å². The van der Waals surface area contributed by atoms with Crippen LogP contribution in [0.3, 0.4) is 0 Å². The smallest absolute Gasteiger partial charge is 0.292 e. The Morgan fingerprint density at radius 1 is 1.26 bits per heavy atom. The summed E-state index contributed by atoms with van der Waals surface area (Å²) in [5, 5.41) is 0. The molecule has 0 aliphatic carbocycles. The fraction of sp³-hybridized carbons (Fsp3) is 0.400. The van der Waals surface area contributed by atoms with Crippen molar-refractivity contribution in [3.8, 4) is 17.0 Å². The molecular formula is C15H20N2O2. The van der Waals surface area contributed by atoms with E-state index in [9.17, 15) is 0 Å². The molecular weight excluding hydrogens is 240 g/mol. The third-order valence-corrected chi connectivity index (χ3v) is 3.46.